The zero-order valence-corrected chi connectivity index (χ0v) is 23.2. The summed E-state index contributed by atoms with van der Waals surface area (Å²) >= 11 is 6.33. The number of β-amino-alcohol motifs (C(OH)–C–C–N with tert-alkyl or cyclic N) is 1. The number of hydrogen-bond donors (Lipinski definition) is 2. The molecule has 6 rings (SSSR count). The Balaban J connectivity index is 1.15. The van der Waals surface area contributed by atoms with Crippen LogP contribution in [0.25, 0.3) is 28.2 Å². The SMILES string of the molecule is Cc1c(Cl)cccc1N1CCN(CC(O)CNc2ncnc3c2nc(-c2ccccc2)n3-c2ccccc2)CC1. The van der Waals surface area contributed by atoms with Crippen molar-refractivity contribution >= 4 is 34.3 Å². The van der Waals surface area contributed by atoms with Gasteiger partial charge in [0.2, 0.25) is 0 Å². The Hall–Kier alpha value is -3.98. The van der Waals surface area contributed by atoms with Crippen LogP contribution in [0.15, 0.2) is 85.2 Å². The third-order valence-corrected chi connectivity index (χ3v) is 7.83. The molecule has 0 aliphatic carbocycles. The number of nitrogens with one attached hydrogen (secondary N) is 1. The molecule has 1 fully saturated rings. The molecule has 0 radical (unpaired) electrons. The normalized spacial score (nSPS) is 14.9. The lowest BCUT2D eigenvalue weighted by molar-refractivity contribution is 0.118. The Morgan fingerprint density at radius 3 is 2.38 bits per heavy atom. The summed E-state index contributed by atoms with van der Waals surface area (Å²) in [7, 11) is 0. The number of imidazole rings is 1. The van der Waals surface area contributed by atoms with Crippen molar-refractivity contribution in [2.24, 2.45) is 0 Å². The van der Waals surface area contributed by atoms with Crippen LogP contribution >= 0.6 is 11.6 Å². The van der Waals surface area contributed by atoms with Crippen LogP contribution in [0.3, 0.4) is 0 Å². The molecule has 1 unspecified atom stereocenters. The van der Waals surface area contributed by atoms with Crippen molar-refractivity contribution in [1.29, 1.82) is 0 Å². The molecule has 1 saturated heterocycles. The molecule has 2 aromatic heterocycles. The molecular formula is C31H32ClN7O. The van der Waals surface area contributed by atoms with Crippen molar-refractivity contribution in [3.05, 3.63) is 95.8 Å². The molecule has 5 aromatic rings. The standard InChI is InChI=1S/C31H32ClN7O/c1-22-26(32)13-8-14-27(22)38-17-15-37(16-18-38)20-25(40)19-33-29-28-31(35-21-34-29)39(24-11-6-3-7-12-24)30(36-28)23-9-4-2-5-10-23/h2-14,21,25,40H,15-20H2,1H3,(H,33,34,35). The number of para-hydroxylation sites is 1. The van der Waals surface area contributed by atoms with E-state index in [2.05, 4.69) is 42.6 Å². The van der Waals surface area contributed by atoms with E-state index in [-0.39, 0.29) is 0 Å². The third kappa shape index (κ3) is 5.38. The van der Waals surface area contributed by atoms with E-state index in [1.807, 2.05) is 72.8 Å². The first kappa shape index (κ1) is 26.3. The minimum atomic E-state index is -0.561. The molecule has 0 amide bonds. The maximum absolute atomic E-state index is 10.9. The first-order valence-electron chi connectivity index (χ1n) is 13.6. The highest BCUT2D eigenvalue weighted by Crippen LogP contribution is 2.30. The van der Waals surface area contributed by atoms with Crippen LogP contribution in [-0.4, -0.2) is 74.9 Å². The molecule has 204 valence electrons. The molecule has 0 bridgehead atoms. The van der Waals surface area contributed by atoms with E-state index in [0.29, 0.717) is 30.1 Å². The number of benzene rings is 3. The van der Waals surface area contributed by atoms with Gasteiger partial charge >= 0.3 is 0 Å². The molecule has 1 aliphatic rings. The number of piperazine rings is 1. The summed E-state index contributed by atoms with van der Waals surface area (Å²) in [5, 5.41) is 15.0. The number of aliphatic hydroxyl groups is 1. The summed E-state index contributed by atoms with van der Waals surface area (Å²) in [6.07, 6.45) is 0.985. The highest BCUT2D eigenvalue weighted by molar-refractivity contribution is 6.31. The third-order valence-electron chi connectivity index (χ3n) is 7.42. The second-order valence-corrected chi connectivity index (χ2v) is 10.5. The van der Waals surface area contributed by atoms with E-state index in [9.17, 15) is 5.11 Å². The quantitative estimate of drug-likeness (QED) is 0.278. The van der Waals surface area contributed by atoms with E-state index >= 15 is 0 Å². The monoisotopic (exact) mass is 553 g/mol. The summed E-state index contributed by atoms with van der Waals surface area (Å²) in [6, 6.07) is 26.2. The van der Waals surface area contributed by atoms with Crippen LogP contribution in [0.5, 0.6) is 0 Å². The zero-order valence-electron chi connectivity index (χ0n) is 22.4. The number of hydrogen-bond acceptors (Lipinski definition) is 7. The average Bonchev–Trinajstić information content (AvgIpc) is 3.39. The van der Waals surface area contributed by atoms with Crippen molar-refractivity contribution in [3.8, 4) is 17.1 Å². The van der Waals surface area contributed by atoms with Crippen molar-refractivity contribution in [1.82, 2.24) is 24.4 Å². The molecule has 9 heteroatoms. The average molecular weight is 554 g/mol. The Labute approximate surface area is 238 Å². The van der Waals surface area contributed by atoms with Crippen LogP contribution in [0.1, 0.15) is 5.56 Å². The second kappa shape index (κ2) is 11.6. The minimum absolute atomic E-state index is 0.360. The fourth-order valence-corrected chi connectivity index (χ4v) is 5.48. The van der Waals surface area contributed by atoms with E-state index < -0.39 is 6.10 Å². The molecule has 1 aliphatic heterocycles. The Morgan fingerprint density at radius 2 is 1.62 bits per heavy atom. The van der Waals surface area contributed by atoms with Gasteiger partial charge in [-0.1, -0.05) is 66.2 Å². The summed E-state index contributed by atoms with van der Waals surface area (Å²) in [4.78, 5) is 18.7. The second-order valence-electron chi connectivity index (χ2n) is 10.1. The number of nitrogens with zero attached hydrogens (tertiary/aromatic N) is 6. The number of anilines is 2. The van der Waals surface area contributed by atoms with Crippen molar-refractivity contribution in [2.75, 3.05) is 49.5 Å². The van der Waals surface area contributed by atoms with Crippen LogP contribution in [0, 0.1) is 6.92 Å². The maximum Gasteiger partial charge on any atom is 0.170 e. The fourth-order valence-electron chi connectivity index (χ4n) is 5.31. The summed E-state index contributed by atoms with van der Waals surface area (Å²) < 4.78 is 2.05. The lowest BCUT2D eigenvalue weighted by Gasteiger charge is -2.37. The van der Waals surface area contributed by atoms with Gasteiger partial charge in [0.15, 0.2) is 17.0 Å². The van der Waals surface area contributed by atoms with Gasteiger partial charge in [-0.3, -0.25) is 9.47 Å². The Kier molecular flexibility index (Phi) is 7.64. The van der Waals surface area contributed by atoms with Crippen LogP contribution in [-0.2, 0) is 0 Å². The van der Waals surface area contributed by atoms with Gasteiger partial charge in [0, 0.05) is 61.2 Å². The molecule has 40 heavy (non-hydrogen) atoms. The predicted molar refractivity (Wildman–Crippen MR) is 161 cm³/mol. The van der Waals surface area contributed by atoms with Crippen molar-refractivity contribution in [3.63, 3.8) is 0 Å². The van der Waals surface area contributed by atoms with Gasteiger partial charge in [-0.25, -0.2) is 15.0 Å². The number of aliphatic hydroxyl groups excluding tert-OH is 1. The maximum atomic E-state index is 10.9. The van der Waals surface area contributed by atoms with Gasteiger partial charge in [-0.15, -0.1) is 0 Å². The summed E-state index contributed by atoms with van der Waals surface area (Å²) in [5.41, 5.74) is 5.64. The van der Waals surface area contributed by atoms with Crippen LogP contribution in [0.2, 0.25) is 5.02 Å². The van der Waals surface area contributed by atoms with Gasteiger partial charge in [-0.2, -0.15) is 0 Å². The molecule has 2 N–H and O–H groups in total. The molecular weight excluding hydrogens is 522 g/mol. The number of halogens is 1. The molecule has 0 spiro atoms. The minimum Gasteiger partial charge on any atom is -0.390 e. The summed E-state index contributed by atoms with van der Waals surface area (Å²) in [5.74, 6) is 1.40. The van der Waals surface area contributed by atoms with E-state index in [0.717, 1.165) is 53.8 Å². The van der Waals surface area contributed by atoms with Crippen LogP contribution < -0.4 is 10.2 Å². The summed E-state index contributed by atoms with van der Waals surface area (Å²) in [6.45, 7) is 6.55. The van der Waals surface area contributed by atoms with Gasteiger partial charge in [0.1, 0.15) is 12.2 Å². The number of aromatic nitrogens is 4. The molecule has 8 nitrogen and oxygen atoms in total. The first-order chi connectivity index (χ1) is 19.6. The number of rotatable bonds is 8. The van der Waals surface area contributed by atoms with Crippen molar-refractivity contribution < 1.29 is 5.11 Å². The lowest BCUT2D eigenvalue weighted by atomic mass is 10.1. The van der Waals surface area contributed by atoms with Crippen molar-refractivity contribution in [2.45, 2.75) is 13.0 Å². The predicted octanol–water partition coefficient (Wildman–Crippen LogP) is 5.04. The molecule has 1 atom stereocenters. The fraction of sp³-hybridized carbons (Fsp3) is 0.258. The largest absolute Gasteiger partial charge is 0.390 e. The Morgan fingerprint density at radius 1 is 0.900 bits per heavy atom. The lowest BCUT2D eigenvalue weighted by Crippen LogP contribution is -2.49. The van der Waals surface area contributed by atoms with Crippen LogP contribution in [0.4, 0.5) is 11.5 Å². The van der Waals surface area contributed by atoms with E-state index in [4.69, 9.17) is 16.6 Å². The Bertz CT molecular complexity index is 1580. The van der Waals surface area contributed by atoms with Gasteiger partial charge in [-0.05, 0) is 36.8 Å². The highest BCUT2D eigenvalue weighted by atomic mass is 35.5. The van der Waals surface area contributed by atoms with Gasteiger partial charge < -0.3 is 15.3 Å². The molecule has 0 saturated carbocycles. The topological polar surface area (TPSA) is 82.3 Å². The van der Waals surface area contributed by atoms with Gasteiger partial charge in [0.25, 0.3) is 0 Å². The van der Waals surface area contributed by atoms with E-state index in [1.54, 1.807) is 6.33 Å². The smallest absolute Gasteiger partial charge is 0.170 e. The van der Waals surface area contributed by atoms with E-state index in [1.165, 1.54) is 5.69 Å². The van der Waals surface area contributed by atoms with Gasteiger partial charge in [0.05, 0.1) is 6.10 Å². The molecule has 3 heterocycles. The zero-order chi connectivity index (χ0) is 27.5. The number of fused-ring (bicyclic) bond motifs is 1. The first-order valence-corrected chi connectivity index (χ1v) is 13.9. The molecule has 3 aromatic carbocycles. The highest BCUT2D eigenvalue weighted by Gasteiger charge is 2.22.